The Labute approximate surface area is 141 Å². The summed E-state index contributed by atoms with van der Waals surface area (Å²) in [5.74, 6) is 3.24. The number of rotatable bonds is 5. The van der Waals surface area contributed by atoms with Crippen molar-refractivity contribution >= 4 is 17.5 Å². The van der Waals surface area contributed by atoms with Crippen LogP contribution in [0.25, 0.3) is 0 Å². The molecule has 4 heteroatoms. The summed E-state index contributed by atoms with van der Waals surface area (Å²) >= 11 is 2.02. The molecule has 1 aliphatic heterocycles. The van der Waals surface area contributed by atoms with Gasteiger partial charge in [0.15, 0.2) is 5.78 Å². The Bertz CT molecular complexity index is 646. The number of nitrogens with zero attached hydrogens (tertiary/aromatic N) is 1. The molecule has 0 unspecified atom stereocenters. The van der Waals surface area contributed by atoms with Crippen LogP contribution in [0.2, 0.25) is 0 Å². The number of benzene rings is 2. The Morgan fingerprint density at radius 3 is 2.13 bits per heavy atom. The molecule has 1 saturated heterocycles. The van der Waals surface area contributed by atoms with Crippen molar-refractivity contribution in [3.8, 4) is 5.75 Å². The van der Waals surface area contributed by atoms with E-state index in [1.807, 2.05) is 36.0 Å². The molecule has 2 aromatic carbocycles. The van der Waals surface area contributed by atoms with E-state index in [0.717, 1.165) is 30.9 Å². The monoisotopic (exact) mass is 327 g/mol. The lowest BCUT2D eigenvalue weighted by Crippen LogP contribution is -2.31. The summed E-state index contributed by atoms with van der Waals surface area (Å²) in [5.41, 5.74) is 2.68. The molecule has 120 valence electrons. The molecular weight excluding hydrogens is 306 g/mol. The van der Waals surface area contributed by atoms with Crippen LogP contribution in [0.3, 0.4) is 0 Å². The maximum atomic E-state index is 12.5. The minimum atomic E-state index is 0.0496. The van der Waals surface area contributed by atoms with Gasteiger partial charge >= 0.3 is 0 Å². The summed E-state index contributed by atoms with van der Waals surface area (Å²) in [5, 5.41) is 0. The van der Waals surface area contributed by atoms with Crippen LogP contribution in [-0.4, -0.2) is 42.4 Å². The van der Waals surface area contributed by atoms with Gasteiger partial charge in [0.25, 0.3) is 0 Å². The van der Waals surface area contributed by atoms with Crippen molar-refractivity contribution < 1.29 is 9.53 Å². The number of ether oxygens (including phenoxy) is 1. The molecule has 0 radical (unpaired) electrons. The molecule has 0 spiro atoms. The predicted molar refractivity (Wildman–Crippen MR) is 95.5 cm³/mol. The highest BCUT2D eigenvalue weighted by molar-refractivity contribution is 7.99. The van der Waals surface area contributed by atoms with Gasteiger partial charge in [0.2, 0.25) is 0 Å². The second kappa shape index (κ2) is 7.66. The highest BCUT2D eigenvalue weighted by atomic mass is 32.2. The summed E-state index contributed by atoms with van der Waals surface area (Å²) in [7, 11) is 1.62. The lowest BCUT2D eigenvalue weighted by atomic mass is 10.0. The molecule has 1 fully saturated rings. The molecule has 0 aromatic heterocycles. The zero-order chi connectivity index (χ0) is 16.1. The van der Waals surface area contributed by atoms with Gasteiger partial charge in [0.05, 0.1) is 7.11 Å². The minimum Gasteiger partial charge on any atom is -0.497 e. The van der Waals surface area contributed by atoms with Crippen molar-refractivity contribution in [2.24, 2.45) is 0 Å². The van der Waals surface area contributed by atoms with E-state index in [0.29, 0.717) is 5.56 Å². The largest absolute Gasteiger partial charge is 0.497 e. The molecule has 0 bridgehead atoms. The van der Waals surface area contributed by atoms with Gasteiger partial charge < -0.3 is 4.74 Å². The fourth-order valence-corrected chi connectivity index (χ4v) is 3.67. The lowest BCUT2D eigenvalue weighted by Gasteiger charge is -2.26. The molecule has 0 aliphatic carbocycles. The number of carbonyl (C=O) groups is 1. The third-order valence-electron chi connectivity index (χ3n) is 4.08. The van der Waals surface area contributed by atoms with Crippen molar-refractivity contribution in [1.82, 2.24) is 4.90 Å². The Hall–Kier alpha value is -1.78. The molecule has 1 aliphatic rings. The summed E-state index contributed by atoms with van der Waals surface area (Å²) in [6.07, 6.45) is 0. The Morgan fingerprint density at radius 2 is 1.57 bits per heavy atom. The van der Waals surface area contributed by atoms with E-state index in [4.69, 9.17) is 4.74 Å². The number of thioether (sulfide) groups is 1. The van der Waals surface area contributed by atoms with Crippen molar-refractivity contribution in [2.45, 2.75) is 6.54 Å². The molecular formula is C19H21NO2S. The molecule has 23 heavy (non-hydrogen) atoms. The molecule has 0 amide bonds. The van der Waals surface area contributed by atoms with Crippen LogP contribution >= 0.6 is 11.8 Å². The number of methoxy groups -OCH3 is 1. The van der Waals surface area contributed by atoms with Crippen LogP contribution < -0.4 is 4.74 Å². The van der Waals surface area contributed by atoms with E-state index in [1.165, 1.54) is 17.1 Å². The van der Waals surface area contributed by atoms with E-state index >= 15 is 0 Å². The summed E-state index contributed by atoms with van der Waals surface area (Å²) < 4.78 is 5.13. The maximum absolute atomic E-state index is 12.5. The fourth-order valence-electron chi connectivity index (χ4n) is 2.69. The molecule has 2 aromatic rings. The molecule has 0 saturated carbocycles. The zero-order valence-electron chi connectivity index (χ0n) is 13.3. The van der Waals surface area contributed by atoms with Gasteiger partial charge in [0, 0.05) is 42.3 Å². The second-order valence-corrected chi connectivity index (χ2v) is 6.87. The van der Waals surface area contributed by atoms with Gasteiger partial charge in [-0.05, 0) is 29.8 Å². The number of hydrogen-bond acceptors (Lipinski definition) is 4. The van der Waals surface area contributed by atoms with Crippen LogP contribution in [0.1, 0.15) is 21.5 Å². The van der Waals surface area contributed by atoms with E-state index in [1.54, 1.807) is 19.2 Å². The van der Waals surface area contributed by atoms with Gasteiger partial charge in [-0.2, -0.15) is 11.8 Å². The summed E-state index contributed by atoms with van der Waals surface area (Å²) in [6, 6.07) is 15.2. The van der Waals surface area contributed by atoms with Crippen LogP contribution in [-0.2, 0) is 6.54 Å². The maximum Gasteiger partial charge on any atom is 0.193 e. The van der Waals surface area contributed by atoms with E-state index in [-0.39, 0.29) is 5.78 Å². The average molecular weight is 327 g/mol. The molecule has 1 heterocycles. The molecule has 0 N–H and O–H groups in total. The molecule has 3 rings (SSSR count). The van der Waals surface area contributed by atoms with Crippen LogP contribution in [0, 0.1) is 0 Å². The quantitative estimate of drug-likeness (QED) is 0.787. The first-order valence-electron chi connectivity index (χ1n) is 7.84. The number of ketones is 1. The Morgan fingerprint density at radius 1 is 1.00 bits per heavy atom. The molecule has 0 atom stereocenters. The minimum absolute atomic E-state index is 0.0496. The fraction of sp³-hybridized carbons (Fsp3) is 0.316. The van der Waals surface area contributed by atoms with Gasteiger partial charge in [-0.1, -0.05) is 24.3 Å². The first-order valence-corrected chi connectivity index (χ1v) is 8.99. The van der Waals surface area contributed by atoms with Gasteiger partial charge in [0.1, 0.15) is 5.75 Å². The van der Waals surface area contributed by atoms with E-state index in [9.17, 15) is 4.79 Å². The van der Waals surface area contributed by atoms with Crippen molar-refractivity contribution in [3.63, 3.8) is 0 Å². The van der Waals surface area contributed by atoms with Gasteiger partial charge in [-0.25, -0.2) is 0 Å². The van der Waals surface area contributed by atoms with Gasteiger partial charge in [-0.3, -0.25) is 9.69 Å². The van der Waals surface area contributed by atoms with E-state index < -0.39 is 0 Å². The first-order chi connectivity index (χ1) is 11.3. The topological polar surface area (TPSA) is 29.5 Å². The molecule has 3 nitrogen and oxygen atoms in total. The van der Waals surface area contributed by atoms with E-state index in [2.05, 4.69) is 17.0 Å². The smallest absolute Gasteiger partial charge is 0.193 e. The normalized spacial score (nSPS) is 15.3. The number of hydrogen-bond donors (Lipinski definition) is 0. The highest BCUT2D eigenvalue weighted by Crippen LogP contribution is 2.17. The zero-order valence-corrected chi connectivity index (χ0v) is 14.1. The van der Waals surface area contributed by atoms with Crippen LogP contribution in [0.15, 0.2) is 48.5 Å². The average Bonchev–Trinajstić information content (AvgIpc) is 2.63. The highest BCUT2D eigenvalue weighted by Gasteiger charge is 2.12. The standard InChI is InChI=1S/C19H21NO2S/c1-22-18-8-6-17(7-9-18)19(21)16-4-2-15(3-5-16)14-20-10-12-23-13-11-20/h2-9H,10-14H2,1H3. The van der Waals surface area contributed by atoms with Crippen LogP contribution in [0.4, 0.5) is 0 Å². The van der Waals surface area contributed by atoms with Crippen molar-refractivity contribution in [3.05, 3.63) is 65.2 Å². The first kappa shape index (κ1) is 16.1. The summed E-state index contributed by atoms with van der Waals surface area (Å²) in [4.78, 5) is 15.0. The Kier molecular flexibility index (Phi) is 5.36. The summed E-state index contributed by atoms with van der Waals surface area (Å²) in [6.45, 7) is 3.27. The number of carbonyl (C=O) groups excluding carboxylic acids is 1. The van der Waals surface area contributed by atoms with Crippen molar-refractivity contribution in [2.75, 3.05) is 31.7 Å². The lowest BCUT2D eigenvalue weighted by molar-refractivity contribution is 0.103. The van der Waals surface area contributed by atoms with Gasteiger partial charge in [-0.15, -0.1) is 0 Å². The second-order valence-electron chi connectivity index (χ2n) is 5.64. The third kappa shape index (κ3) is 4.15. The van der Waals surface area contributed by atoms with Crippen LogP contribution in [0.5, 0.6) is 5.75 Å². The van der Waals surface area contributed by atoms with Crippen molar-refractivity contribution in [1.29, 1.82) is 0 Å². The Balaban J connectivity index is 1.66. The third-order valence-corrected chi connectivity index (χ3v) is 5.02. The SMILES string of the molecule is COc1ccc(C(=O)c2ccc(CN3CCSCC3)cc2)cc1. The predicted octanol–water partition coefficient (Wildman–Crippen LogP) is 3.48.